The molecule has 0 bridgehead atoms. The molecule has 0 amide bonds. The Kier molecular flexibility index (Phi) is 2.76. The van der Waals surface area contributed by atoms with Crippen molar-refractivity contribution in [3.05, 3.63) is 12.3 Å². The van der Waals surface area contributed by atoms with E-state index >= 15 is 0 Å². The van der Waals surface area contributed by atoms with E-state index in [-0.39, 0.29) is 17.9 Å². The Morgan fingerprint density at radius 3 is 3.00 bits per heavy atom. The number of rotatable bonds is 2. The molecule has 1 aromatic rings. The zero-order valence-corrected chi connectivity index (χ0v) is 8.87. The molecule has 7 heteroatoms. The van der Waals surface area contributed by atoms with Crippen molar-refractivity contribution in [3.63, 3.8) is 0 Å². The maximum absolute atomic E-state index is 5.53. The molecule has 1 saturated heterocycles. The Labute approximate surface area is 93.4 Å². The monoisotopic (exact) mass is 221 g/mol. The second-order valence-corrected chi connectivity index (χ2v) is 3.72. The maximum Gasteiger partial charge on any atom is 0.221 e. The molecule has 1 aliphatic heterocycles. The number of aromatic nitrogens is 2. The van der Waals surface area contributed by atoms with Crippen LogP contribution in [0.5, 0.6) is 0 Å². The summed E-state index contributed by atoms with van der Waals surface area (Å²) in [5, 5.41) is 0. The van der Waals surface area contributed by atoms with Crippen LogP contribution in [0.15, 0.2) is 17.3 Å². The third-order valence-electron chi connectivity index (χ3n) is 2.48. The maximum atomic E-state index is 5.53. The molecule has 1 aromatic heterocycles. The fraction of sp³-hybridized carbons (Fsp3) is 0.444. The summed E-state index contributed by atoms with van der Waals surface area (Å²) in [5.74, 6) is 1.23. The minimum absolute atomic E-state index is 0.133. The van der Waals surface area contributed by atoms with Crippen molar-refractivity contribution in [3.8, 4) is 0 Å². The minimum atomic E-state index is 0.133. The summed E-state index contributed by atoms with van der Waals surface area (Å²) in [6.07, 6.45) is 2.56. The molecule has 1 atom stereocenters. The van der Waals surface area contributed by atoms with Crippen LogP contribution in [-0.4, -0.2) is 35.1 Å². The molecule has 1 aliphatic rings. The molecule has 0 aliphatic carbocycles. The highest BCUT2D eigenvalue weighted by Crippen LogP contribution is 2.19. The van der Waals surface area contributed by atoms with E-state index in [1.807, 2.05) is 6.07 Å². The summed E-state index contributed by atoms with van der Waals surface area (Å²) < 4.78 is 0. The van der Waals surface area contributed by atoms with Gasteiger partial charge < -0.3 is 22.1 Å². The van der Waals surface area contributed by atoms with Crippen molar-refractivity contribution in [2.45, 2.75) is 12.5 Å². The van der Waals surface area contributed by atoms with Crippen LogP contribution in [0.1, 0.15) is 6.42 Å². The van der Waals surface area contributed by atoms with Crippen molar-refractivity contribution in [2.24, 2.45) is 16.5 Å². The molecule has 1 fully saturated rings. The summed E-state index contributed by atoms with van der Waals surface area (Å²) in [7, 11) is 0. The van der Waals surface area contributed by atoms with Crippen molar-refractivity contribution >= 4 is 17.7 Å². The van der Waals surface area contributed by atoms with Crippen LogP contribution in [-0.2, 0) is 0 Å². The average Bonchev–Trinajstić information content (AvgIpc) is 2.65. The first-order valence-corrected chi connectivity index (χ1v) is 5.07. The number of hydrogen-bond donors (Lipinski definition) is 3. The first-order valence-electron chi connectivity index (χ1n) is 5.07. The largest absolute Gasteiger partial charge is 0.370 e. The molecule has 16 heavy (non-hydrogen) atoms. The lowest BCUT2D eigenvalue weighted by Gasteiger charge is -2.16. The van der Waals surface area contributed by atoms with Gasteiger partial charge in [0.15, 0.2) is 5.96 Å². The van der Waals surface area contributed by atoms with Crippen LogP contribution in [0, 0.1) is 0 Å². The second-order valence-electron chi connectivity index (χ2n) is 3.72. The standard InChI is InChI=1S/C9H15N7/c10-8(11)14-6-2-4-16(5-6)7-1-3-13-9(12)15-7/h1,3,6H,2,4-5H2,(H4,10,11,14)(H2,12,13,15)/t6-/m0/s1. The van der Waals surface area contributed by atoms with Crippen molar-refractivity contribution in [1.82, 2.24) is 9.97 Å². The highest BCUT2D eigenvalue weighted by atomic mass is 15.2. The third-order valence-corrected chi connectivity index (χ3v) is 2.48. The van der Waals surface area contributed by atoms with Gasteiger partial charge in [0.2, 0.25) is 5.95 Å². The molecule has 0 radical (unpaired) electrons. The number of guanidine groups is 1. The Hall–Kier alpha value is -2.05. The van der Waals surface area contributed by atoms with Gasteiger partial charge in [0.25, 0.3) is 0 Å². The van der Waals surface area contributed by atoms with Gasteiger partial charge >= 0.3 is 0 Å². The van der Waals surface area contributed by atoms with Crippen LogP contribution in [0.2, 0.25) is 0 Å². The topological polar surface area (TPSA) is 119 Å². The zero-order chi connectivity index (χ0) is 11.5. The van der Waals surface area contributed by atoms with E-state index in [1.165, 1.54) is 0 Å². The van der Waals surface area contributed by atoms with Crippen LogP contribution < -0.4 is 22.1 Å². The Bertz CT molecular complexity index is 399. The lowest BCUT2D eigenvalue weighted by Crippen LogP contribution is -2.27. The van der Waals surface area contributed by atoms with E-state index in [1.54, 1.807) is 6.20 Å². The van der Waals surface area contributed by atoms with E-state index in [0.29, 0.717) is 0 Å². The van der Waals surface area contributed by atoms with Gasteiger partial charge in [0, 0.05) is 19.3 Å². The van der Waals surface area contributed by atoms with Gasteiger partial charge in [-0.05, 0) is 12.5 Å². The first kappa shape index (κ1) is 10.5. The van der Waals surface area contributed by atoms with Gasteiger partial charge in [-0.1, -0.05) is 0 Å². The van der Waals surface area contributed by atoms with E-state index in [9.17, 15) is 0 Å². The lowest BCUT2D eigenvalue weighted by molar-refractivity contribution is 0.750. The normalized spacial score (nSPS) is 19.8. The van der Waals surface area contributed by atoms with E-state index in [2.05, 4.69) is 19.9 Å². The Morgan fingerprint density at radius 2 is 2.31 bits per heavy atom. The predicted molar refractivity (Wildman–Crippen MR) is 62.9 cm³/mol. The molecule has 0 unspecified atom stereocenters. The third kappa shape index (κ3) is 2.30. The number of nitrogens with two attached hydrogens (primary N) is 3. The van der Waals surface area contributed by atoms with Crippen LogP contribution in [0.3, 0.4) is 0 Å². The molecular formula is C9H15N7. The smallest absolute Gasteiger partial charge is 0.221 e. The van der Waals surface area contributed by atoms with Crippen LogP contribution in [0.25, 0.3) is 0 Å². The molecule has 86 valence electrons. The van der Waals surface area contributed by atoms with Gasteiger partial charge in [0.1, 0.15) is 5.82 Å². The number of aliphatic imine (C=N–C) groups is 1. The highest BCUT2D eigenvalue weighted by Gasteiger charge is 2.23. The van der Waals surface area contributed by atoms with Crippen molar-refractivity contribution in [2.75, 3.05) is 23.7 Å². The summed E-state index contributed by atoms with van der Waals surface area (Å²) >= 11 is 0. The number of anilines is 2. The molecule has 2 rings (SSSR count). The summed E-state index contributed by atoms with van der Waals surface area (Å²) in [5.41, 5.74) is 16.2. The summed E-state index contributed by atoms with van der Waals surface area (Å²) in [6, 6.07) is 1.97. The number of nitrogens with zero attached hydrogens (tertiary/aromatic N) is 4. The van der Waals surface area contributed by atoms with Gasteiger partial charge in [-0.3, -0.25) is 0 Å². The SMILES string of the molecule is NC(N)=N[C@H]1CCN(c2ccnc(N)n2)C1. The summed E-state index contributed by atoms with van der Waals surface area (Å²) in [6.45, 7) is 1.63. The van der Waals surface area contributed by atoms with Crippen molar-refractivity contribution < 1.29 is 0 Å². The predicted octanol–water partition coefficient (Wildman–Crippen LogP) is -1.09. The number of hydrogen-bond acceptors (Lipinski definition) is 5. The summed E-state index contributed by atoms with van der Waals surface area (Å²) in [4.78, 5) is 14.2. The van der Waals surface area contributed by atoms with Crippen LogP contribution >= 0.6 is 0 Å². The molecule has 6 N–H and O–H groups in total. The van der Waals surface area contributed by atoms with E-state index in [4.69, 9.17) is 17.2 Å². The number of nitrogen functional groups attached to an aromatic ring is 1. The van der Waals surface area contributed by atoms with Gasteiger partial charge in [-0.25, -0.2) is 9.98 Å². The van der Waals surface area contributed by atoms with Gasteiger partial charge in [-0.2, -0.15) is 4.98 Å². The molecule has 7 nitrogen and oxygen atoms in total. The first-order chi connectivity index (χ1) is 7.65. The van der Waals surface area contributed by atoms with E-state index < -0.39 is 0 Å². The van der Waals surface area contributed by atoms with Crippen molar-refractivity contribution in [1.29, 1.82) is 0 Å². The van der Waals surface area contributed by atoms with E-state index in [0.717, 1.165) is 25.3 Å². The Balaban J connectivity index is 2.06. The molecule has 2 heterocycles. The quantitative estimate of drug-likeness (QED) is 0.431. The fourth-order valence-electron chi connectivity index (χ4n) is 1.81. The zero-order valence-electron chi connectivity index (χ0n) is 8.87. The lowest BCUT2D eigenvalue weighted by atomic mass is 10.3. The average molecular weight is 221 g/mol. The van der Waals surface area contributed by atoms with Crippen LogP contribution in [0.4, 0.5) is 11.8 Å². The van der Waals surface area contributed by atoms with Gasteiger partial charge in [-0.15, -0.1) is 0 Å². The molecule has 0 spiro atoms. The molecular weight excluding hydrogens is 206 g/mol. The second kappa shape index (κ2) is 4.21. The molecule has 0 saturated carbocycles. The molecule has 0 aromatic carbocycles. The minimum Gasteiger partial charge on any atom is -0.370 e. The Morgan fingerprint density at radius 1 is 1.50 bits per heavy atom. The fourth-order valence-corrected chi connectivity index (χ4v) is 1.81. The highest BCUT2D eigenvalue weighted by molar-refractivity contribution is 5.76. The van der Waals surface area contributed by atoms with Gasteiger partial charge in [0.05, 0.1) is 6.04 Å².